The molecule has 2 heterocycles. The molecule has 0 unspecified atom stereocenters. The number of ether oxygens (including phenoxy) is 1. The molecule has 0 atom stereocenters. The summed E-state index contributed by atoms with van der Waals surface area (Å²) < 4.78 is 5.89. The number of hydrogen-bond donors (Lipinski definition) is 2. The smallest absolute Gasteiger partial charge is 0.138 e. The molecule has 5 nitrogen and oxygen atoms in total. The van der Waals surface area contributed by atoms with Crippen LogP contribution in [-0.4, -0.2) is 19.9 Å². The van der Waals surface area contributed by atoms with Crippen LogP contribution in [0.25, 0.3) is 24.0 Å². The van der Waals surface area contributed by atoms with E-state index in [9.17, 15) is 0 Å². The Morgan fingerprint density at radius 3 is 2.11 bits per heavy atom. The summed E-state index contributed by atoms with van der Waals surface area (Å²) in [6.07, 6.45) is 1.94. The summed E-state index contributed by atoms with van der Waals surface area (Å²) in [4.78, 5) is 15.6. The molecule has 2 aromatic carbocycles. The Labute approximate surface area is 163 Å². The third-order valence-electron chi connectivity index (χ3n) is 4.51. The summed E-state index contributed by atoms with van der Waals surface area (Å²) in [5, 5.41) is 1.54. The maximum atomic E-state index is 5.89. The van der Waals surface area contributed by atoms with Crippen molar-refractivity contribution in [2.75, 3.05) is 0 Å². The summed E-state index contributed by atoms with van der Waals surface area (Å²) in [6.45, 7) is 10.1. The normalized spacial score (nSPS) is 11.8. The fourth-order valence-corrected chi connectivity index (χ4v) is 3.00. The Balaban J connectivity index is 1.59. The van der Waals surface area contributed by atoms with E-state index >= 15 is 0 Å². The molecule has 2 N–H and O–H groups in total. The number of aromatic amines is 2. The monoisotopic (exact) mass is 370 g/mol. The first-order valence-corrected chi connectivity index (χ1v) is 9.13. The van der Waals surface area contributed by atoms with Crippen LogP contribution in [-0.2, 0) is 0 Å². The minimum atomic E-state index is 0.759. The highest BCUT2D eigenvalue weighted by atomic mass is 16.5. The standard InChI is InChI=1S/C23H22N4O/c1-14-5-9-19(10-6-14)28-20-11-7-18(8-12-20)23-25-16(3)22(27-23)13-21-15(2)24-17(4)26-21/h5-13H,3H2,1-2,4H3,(H,24,26)(H,25,27)/b22-13+. The number of nitrogens with zero attached hydrogens (tertiary/aromatic N) is 2. The molecule has 140 valence electrons. The molecule has 0 spiro atoms. The molecule has 0 aliphatic carbocycles. The van der Waals surface area contributed by atoms with Crippen molar-refractivity contribution in [3.8, 4) is 22.9 Å². The lowest BCUT2D eigenvalue weighted by molar-refractivity contribution is 0.482. The minimum Gasteiger partial charge on any atom is -0.457 e. The zero-order valence-corrected chi connectivity index (χ0v) is 16.2. The highest BCUT2D eigenvalue weighted by molar-refractivity contribution is 5.57. The van der Waals surface area contributed by atoms with Crippen LogP contribution < -0.4 is 15.4 Å². The molecular weight excluding hydrogens is 348 g/mol. The third-order valence-corrected chi connectivity index (χ3v) is 4.51. The second kappa shape index (κ2) is 7.19. The lowest BCUT2D eigenvalue weighted by Gasteiger charge is -2.06. The Morgan fingerprint density at radius 1 is 0.857 bits per heavy atom. The number of nitrogens with one attached hydrogen (secondary N) is 2. The second-order valence-electron chi connectivity index (χ2n) is 6.87. The molecular formula is C23H22N4O. The van der Waals surface area contributed by atoms with Gasteiger partial charge in [0.2, 0.25) is 0 Å². The van der Waals surface area contributed by atoms with Crippen molar-refractivity contribution in [1.82, 2.24) is 19.9 Å². The van der Waals surface area contributed by atoms with Gasteiger partial charge in [-0.3, -0.25) is 0 Å². The van der Waals surface area contributed by atoms with Gasteiger partial charge in [-0.25, -0.2) is 9.97 Å². The van der Waals surface area contributed by atoms with Crippen LogP contribution in [0.4, 0.5) is 0 Å². The van der Waals surface area contributed by atoms with Crippen molar-refractivity contribution >= 4 is 12.7 Å². The number of imidazole rings is 2. The van der Waals surface area contributed by atoms with Gasteiger partial charge in [-0.05, 0) is 63.2 Å². The van der Waals surface area contributed by atoms with E-state index in [4.69, 9.17) is 4.74 Å². The van der Waals surface area contributed by atoms with E-state index in [1.54, 1.807) is 0 Å². The number of H-pyrrole nitrogens is 2. The molecule has 4 rings (SSSR count). The van der Waals surface area contributed by atoms with Gasteiger partial charge in [0, 0.05) is 11.3 Å². The first-order chi connectivity index (χ1) is 13.5. The van der Waals surface area contributed by atoms with Crippen molar-refractivity contribution in [2.45, 2.75) is 20.8 Å². The Hall–Kier alpha value is -3.60. The van der Waals surface area contributed by atoms with E-state index in [2.05, 4.69) is 33.4 Å². The van der Waals surface area contributed by atoms with Gasteiger partial charge in [-0.2, -0.15) is 0 Å². The predicted molar refractivity (Wildman–Crippen MR) is 112 cm³/mol. The Morgan fingerprint density at radius 2 is 1.50 bits per heavy atom. The highest BCUT2D eigenvalue weighted by Gasteiger charge is 2.06. The SMILES string of the molecule is C=c1[nH]c(-c2ccc(Oc3ccc(C)cc3)cc2)n/c1=C/c1nc(C)[nH]c1C. The van der Waals surface area contributed by atoms with Gasteiger partial charge in [0.05, 0.1) is 16.4 Å². The molecule has 0 bridgehead atoms. The van der Waals surface area contributed by atoms with Crippen LogP contribution in [0, 0.1) is 20.8 Å². The van der Waals surface area contributed by atoms with Crippen LogP contribution in [0.1, 0.15) is 22.8 Å². The van der Waals surface area contributed by atoms with Crippen LogP contribution >= 0.6 is 0 Å². The van der Waals surface area contributed by atoms with E-state index in [1.165, 1.54) is 5.56 Å². The van der Waals surface area contributed by atoms with Gasteiger partial charge in [0.1, 0.15) is 23.1 Å². The average molecular weight is 370 g/mol. The number of aryl methyl sites for hydroxylation is 3. The molecule has 5 heteroatoms. The van der Waals surface area contributed by atoms with Gasteiger partial charge in [0.25, 0.3) is 0 Å². The van der Waals surface area contributed by atoms with Crippen LogP contribution in [0.2, 0.25) is 0 Å². The lowest BCUT2D eigenvalue weighted by atomic mass is 10.2. The van der Waals surface area contributed by atoms with Crippen molar-refractivity contribution in [2.24, 2.45) is 0 Å². The van der Waals surface area contributed by atoms with E-state index in [-0.39, 0.29) is 0 Å². The van der Waals surface area contributed by atoms with Crippen molar-refractivity contribution in [1.29, 1.82) is 0 Å². The van der Waals surface area contributed by atoms with Gasteiger partial charge in [0.15, 0.2) is 0 Å². The summed E-state index contributed by atoms with van der Waals surface area (Å²) in [7, 11) is 0. The molecule has 0 fully saturated rings. The number of hydrogen-bond acceptors (Lipinski definition) is 3. The Kier molecular flexibility index (Phi) is 4.57. The summed E-state index contributed by atoms with van der Waals surface area (Å²) in [5.74, 6) is 3.25. The third kappa shape index (κ3) is 3.74. The first-order valence-electron chi connectivity index (χ1n) is 9.13. The topological polar surface area (TPSA) is 66.6 Å². The lowest BCUT2D eigenvalue weighted by Crippen LogP contribution is -2.22. The number of aromatic nitrogens is 4. The summed E-state index contributed by atoms with van der Waals surface area (Å²) in [5.41, 5.74) is 4.06. The van der Waals surface area contributed by atoms with Gasteiger partial charge in [-0.1, -0.05) is 24.3 Å². The highest BCUT2D eigenvalue weighted by Crippen LogP contribution is 2.24. The van der Waals surface area contributed by atoms with Crippen LogP contribution in [0.3, 0.4) is 0 Å². The molecule has 0 saturated carbocycles. The van der Waals surface area contributed by atoms with Crippen molar-refractivity contribution < 1.29 is 4.74 Å². The van der Waals surface area contributed by atoms with Crippen molar-refractivity contribution in [3.63, 3.8) is 0 Å². The molecule has 0 aliphatic rings. The first kappa shape index (κ1) is 17.8. The maximum absolute atomic E-state index is 5.89. The van der Waals surface area contributed by atoms with E-state index in [1.807, 2.05) is 68.5 Å². The predicted octanol–water partition coefficient (Wildman–Crippen LogP) is 3.76. The maximum Gasteiger partial charge on any atom is 0.138 e. The molecule has 2 aromatic heterocycles. The van der Waals surface area contributed by atoms with Gasteiger partial charge < -0.3 is 14.7 Å². The van der Waals surface area contributed by atoms with E-state index in [0.29, 0.717) is 0 Å². The van der Waals surface area contributed by atoms with Crippen LogP contribution in [0.5, 0.6) is 11.5 Å². The Bertz CT molecular complexity index is 1220. The van der Waals surface area contributed by atoms with Gasteiger partial charge in [-0.15, -0.1) is 0 Å². The van der Waals surface area contributed by atoms with E-state index in [0.717, 1.165) is 50.8 Å². The molecule has 0 amide bonds. The summed E-state index contributed by atoms with van der Waals surface area (Å²) >= 11 is 0. The number of rotatable bonds is 4. The largest absolute Gasteiger partial charge is 0.457 e. The molecule has 0 aliphatic heterocycles. The molecule has 28 heavy (non-hydrogen) atoms. The molecule has 4 aromatic rings. The van der Waals surface area contributed by atoms with Crippen molar-refractivity contribution in [3.05, 3.63) is 82.0 Å². The average Bonchev–Trinajstić information content (AvgIpc) is 3.19. The van der Waals surface area contributed by atoms with Crippen LogP contribution in [0.15, 0.2) is 48.5 Å². The quantitative estimate of drug-likeness (QED) is 0.575. The summed E-state index contributed by atoms with van der Waals surface area (Å²) in [6, 6.07) is 15.8. The fraction of sp³-hybridized carbons (Fsp3) is 0.130. The minimum absolute atomic E-state index is 0.759. The zero-order chi connectivity index (χ0) is 19.7. The number of benzene rings is 2. The molecule has 0 saturated heterocycles. The van der Waals surface area contributed by atoms with Gasteiger partial charge >= 0.3 is 0 Å². The second-order valence-corrected chi connectivity index (χ2v) is 6.87. The van der Waals surface area contributed by atoms with E-state index < -0.39 is 0 Å². The fourth-order valence-electron chi connectivity index (χ4n) is 3.00. The zero-order valence-electron chi connectivity index (χ0n) is 16.2. The molecule has 0 radical (unpaired) electrons.